The molecule has 1 amide bonds. The molecule has 0 aromatic carbocycles. The van der Waals surface area contributed by atoms with E-state index in [4.69, 9.17) is 0 Å². The lowest BCUT2D eigenvalue weighted by Crippen LogP contribution is -2.57. The number of likely N-dealkylation sites (tertiary alicyclic amines) is 2. The van der Waals surface area contributed by atoms with Crippen molar-refractivity contribution in [1.29, 1.82) is 0 Å². The number of nitrogens with one attached hydrogen (secondary N) is 1. The van der Waals surface area contributed by atoms with Crippen LogP contribution in [0.5, 0.6) is 0 Å². The highest BCUT2D eigenvalue weighted by Gasteiger charge is 2.41. The minimum Gasteiger partial charge on any atom is -0.386 e. The van der Waals surface area contributed by atoms with E-state index in [-0.39, 0.29) is 12.5 Å². The molecule has 3 heterocycles. The number of aromatic nitrogens is 2. The molecule has 132 valence electrons. The van der Waals surface area contributed by atoms with Gasteiger partial charge < -0.3 is 10.0 Å². The lowest BCUT2D eigenvalue weighted by Gasteiger charge is -2.43. The molecule has 8 heteroatoms. The summed E-state index contributed by atoms with van der Waals surface area (Å²) in [6, 6.07) is 0.792. The summed E-state index contributed by atoms with van der Waals surface area (Å²) in [7, 11) is 0. The summed E-state index contributed by atoms with van der Waals surface area (Å²) < 4.78 is 1.35. The van der Waals surface area contributed by atoms with Crippen LogP contribution >= 0.6 is 0 Å². The van der Waals surface area contributed by atoms with Crippen LogP contribution in [0.15, 0.2) is 21.9 Å². The van der Waals surface area contributed by atoms with Crippen LogP contribution in [0.25, 0.3) is 0 Å². The molecular formula is C16H24N4O4. The Labute approximate surface area is 139 Å². The fourth-order valence-corrected chi connectivity index (χ4v) is 3.72. The molecule has 1 aromatic heterocycles. The smallest absolute Gasteiger partial charge is 0.328 e. The van der Waals surface area contributed by atoms with Gasteiger partial charge in [0.1, 0.15) is 5.60 Å². The van der Waals surface area contributed by atoms with Gasteiger partial charge in [-0.25, -0.2) is 4.79 Å². The van der Waals surface area contributed by atoms with Crippen LogP contribution in [0.2, 0.25) is 0 Å². The number of nitrogens with zero attached hydrogens (tertiary/aromatic N) is 3. The molecule has 2 atom stereocenters. The Hall–Kier alpha value is -1.93. The van der Waals surface area contributed by atoms with Gasteiger partial charge in [-0.2, -0.15) is 0 Å². The van der Waals surface area contributed by atoms with Crippen molar-refractivity contribution >= 4 is 5.91 Å². The molecule has 0 spiro atoms. The number of piperidine rings is 1. The molecule has 2 saturated heterocycles. The van der Waals surface area contributed by atoms with Gasteiger partial charge in [-0.15, -0.1) is 0 Å². The molecule has 0 unspecified atom stereocenters. The number of rotatable bonds is 3. The molecule has 2 aliphatic rings. The molecule has 1 aromatic rings. The Morgan fingerprint density at radius 3 is 2.67 bits per heavy atom. The average Bonchev–Trinajstić information content (AvgIpc) is 3.00. The van der Waals surface area contributed by atoms with Crippen LogP contribution in [0.3, 0.4) is 0 Å². The van der Waals surface area contributed by atoms with Crippen molar-refractivity contribution in [3.8, 4) is 0 Å². The van der Waals surface area contributed by atoms with Crippen molar-refractivity contribution in [3.63, 3.8) is 0 Å². The maximum absolute atomic E-state index is 12.5. The molecule has 3 rings (SSSR count). The molecule has 0 radical (unpaired) electrons. The first kappa shape index (κ1) is 16.9. The number of β-amino-alcohol motifs (C(OH)–C–C–N with tert-alkyl or cyclic N) is 1. The first-order valence-electron chi connectivity index (χ1n) is 8.41. The summed E-state index contributed by atoms with van der Waals surface area (Å²) in [6.07, 6.45) is 4.12. The molecule has 0 bridgehead atoms. The number of carbonyl (C=O) groups is 1. The number of hydrogen-bond donors (Lipinski definition) is 2. The fourth-order valence-electron chi connectivity index (χ4n) is 3.72. The van der Waals surface area contributed by atoms with Gasteiger partial charge in [0.05, 0.1) is 19.1 Å². The number of amides is 1. The lowest BCUT2D eigenvalue weighted by molar-refractivity contribution is -0.141. The van der Waals surface area contributed by atoms with E-state index in [1.165, 1.54) is 16.8 Å². The van der Waals surface area contributed by atoms with Crippen LogP contribution in [0, 0.1) is 0 Å². The zero-order valence-corrected chi connectivity index (χ0v) is 13.9. The van der Waals surface area contributed by atoms with E-state index in [0.717, 1.165) is 25.9 Å². The summed E-state index contributed by atoms with van der Waals surface area (Å²) in [5.41, 5.74) is -2.24. The van der Waals surface area contributed by atoms with E-state index in [9.17, 15) is 19.5 Å². The van der Waals surface area contributed by atoms with Gasteiger partial charge in [-0.3, -0.25) is 24.0 Å². The number of aliphatic hydroxyl groups is 1. The second-order valence-corrected chi connectivity index (χ2v) is 6.98. The standard InChI is InChI=1S/C16H24N4O4/c1-16(24)11-19(14(22)10-18-6-2-3-7-18)8-4-12(16)20-9-5-13(21)17-15(20)23/h5,9,12,24H,2-4,6-8,10-11H2,1H3,(H,17,21,23)/t12-,16-/m1/s1. The van der Waals surface area contributed by atoms with Crippen LogP contribution in [-0.4, -0.2) is 68.7 Å². The predicted molar refractivity (Wildman–Crippen MR) is 87.9 cm³/mol. The van der Waals surface area contributed by atoms with Crippen molar-refractivity contribution in [2.45, 2.75) is 37.8 Å². The zero-order valence-electron chi connectivity index (χ0n) is 13.9. The number of hydrogen-bond acceptors (Lipinski definition) is 5. The minimum atomic E-state index is -1.24. The maximum atomic E-state index is 12.5. The van der Waals surface area contributed by atoms with E-state index in [2.05, 4.69) is 9.88 Å². The summed E-state index contributed by atoms with van der Waals surface area (Å²) in [4.78, 5) is 41.7. The monoisotopic (exact) mass is 336 g/mol. The van der Waals surface area contributed by atoms with E-state index in [0.29, 0.717) is 19.5 Å². The van der Waals surface area contributed by atoms with Crippen molar-refractivity contribution < 1.29 is 9.90 Å². The van der Waals surface area contributed by atoms with E-state index < -0.39 is 22.9 Å². The van der Waals surface area contributed by atoms with Crippen molar-refractivity contribution in [3.05, 3.63) is 33.1 Å². The third-order valence-corrected chi connectivity index (χ3v) is 5.00. The van der Waals surface area contributed by atoms with Gasteiger partial charge in [0, 0.05) is 18.8 Å². The topological polar surface area (TPSA) is 98.6 Å². The Kier molecular flexibility index (Phi) is 4.60. The van der Waals surface area contributed by atoms with Crippen LogP contribution in [0.1, 0.15) is 32.2 Å². The lowest BCUT2D eigenvalue weighted by atomic mass is 9.88. The molecule has 24 heavy (non-hydrogen) atoms. The van der Waals surface area contributed by atoms with Crippen molar-refractivity contribution in [2.24, 2.45) is 0 Å². The van der Waals surface area contributed by atoms with Gasteiger partial charge >= 0.3 is 5.69 Å². The maximum Gasteiger partial charge on any atom is 0.328 e. The van der Waals surface area contributed by atoms with Crippen LogP contribution < -0.4 is 11.2 Å². The summed E-state index contributed by atoms with van der Waals surface area (Å²) in [6.45, 7) is 4.58. The normalized spacial score (nSPS) is 28.2. The van der Waals surface area contributed by atoms with Gasteiger partial charge in [0.25, 0.3) is 5.56 Å². The zero-order chi connectivity index (χ0) is 17.3. The summed E-state index contributed by atoms with van der Waals surface area (Å²) in [5, 5.41) is 10.8. The number of H-pyrrole nitrogens is 1. The Balaban J connectivity index is 1.71. The minimum absolute atomic E-state index is 0.0180. The predicted octanol–water partition coefficient (Wildman–Crippen LogP) is -0.843. The molecule has 2 aliphatic heterocycles. The van der Waals surface area contributed by atoms with Gasteiger partial charge in [-0.1, -0.05) is 0 Å². The molecule has 0 saturated carbocycles. The van der Waals surface area contributed by atoms with Gasteiger partial charge in [-0.05, 0) is 39.3 Å². The van der Waals surface area contributed by atoms with Crippen molar-refractivity contribution in [2.75, 3.05) is 32.7 Å². The molecular weight excluding hydrogens is 312 g/mol. The second-order valence-electron chi connectivity index (χ2n) is 6.98. The van der Waals surface area contributed by atoms with E-state index >= 15 is 0 Å². The Morgan fingerprint density at radius 2 is 2.04 bits per heavy atom. The molecule has 0 aliphatic carbocycles. The molecule has 2 fully saturated rings. The third-order valence-electron chi connectivity index (χ3n) is 5.00. The molecule has 2 N–H and O–H groups in total. The number of aromatic amines is 1. The summed E-state index contributed by atoms with van der Waals surface area (Å²) >= 11 is 0. The fraction of sp³-hybridized carbons (Fsp3) is 0.688. The van der Waals surface area contributed by atoms with Crippen LogP contribution in [-0.2, 0) is 4.79 Å². The number of carbonyl (C=O) groups excluding carboxylic acids is 1. The first-order valence-corrected chi connectivity index (χ1v) is 8.41. The largest absolute Gasteiger partial charge is 0.386 e. The second kappa shape index (κ2) is 6.52. The molecule has 8 nitrogen and oxygen atoms in total. The van der Waals surface area contributed by atoms with Crippen molar-refractivity contribution in [1.82, 2.24) is 19.4 Å². The highest BCUT2D eigenvalue weighted by atomic mass is 16.3. The first-order chi connectivity index (χ1) is 11.4. The SMILES string of the molecule is C[C@@]1(O)CN(C(=O)CN2CCCC2)CC[C@H]1n1ccc(=O)[nH]c1=O. The average molecular weight is 336 g/mol. The Bertz CT molecular complexity index is 717. The quantitative estimate of drug-likeness (QED) is 0.750. The third kappa shape index (κ3) is 3.44. The highest BCUT2D eigenvalue weighted by Crippen LogP contribution is 2.30. The van der Waals surface area contributed by atoms with E-state index in [1.807, 2.05) is 0 Å². The van der Waals surface area contributed by atoms with E-state index in [1.54, 1.807) is 11.8 Å². The highest BCUT2D eigenvalue weighted by molar-refractivity contribution is 5.78. The summed E-state index contributed by atoms with van der Waals surface area (Å²) in [5.74, 6) is 0.0180. The van der Waals surface area contributed by atoms with Gasteiger partial charge in [0.2, 0.25) is 5.91 Å². The van der Waals surface area contributed by atoms with Gasteiger partial charge in [0.15, 0.2) is 0 Å². The Morgan fingerprint density at radius 1 is 1.33 bits per heavy atom. The van der Waals surface area contributed by atoms with Crippen LogP contribution in [0.4, 0.5) is 0 Å².